The number of halogens is 1. The van der Waals surface area contributed by atoms with Crippen molar-refractivity contribution in [2.24, 2.45) is 0 Å². The molecule has 0 spiro atoms. The summed E-state index contributed by atoms with van der Waals surface area (Å²) in [7, 11) is -5.08. The molecule has 0 heterocycles. The van der Waals surface area contributed by atoms with Gasteiger partial charge in [0.25, 0.3) is 0 Å². The van der Waals surface area contributed by atoms with Gasteiger partial charge >= 0.3 is 0 Å². The lowest BCUT2D eigenvalue weighted by molar-refractivity contribution is 0.0334. The van der Waals surface area contributed by atoms with Crippen molar-refractivity contribution in [3.63, 3.8) is 0 Å². The molecule has 2 atom stereocenters. The second kappa shape index (κ2) is 21.2. The van der Waals surface area contributed by atoms with Crippen LogP contribution in [0.2, 0.25) is 36.3 Å². The Kier molecular flexibility index (Phi) is 16.0. The maximum atomic E-state index is 17.1. The summed E-state index contributed by atoms with van der Waals surface area (Å²) in [6, 6.07) is 49.3. The first-order valence-corrected chi connectivity index (χ1v) is 28.2. The van der Waals surface area contributed by atoms with Gasteiger partial charge in [0.15, 0.2) is 28.1 Å². The summed E-state index contributed by atoms with van der Waals surface area (Å²) >= 11 is 0. The van der Waals surface area contributed by atoms with Gasteiger partial charge in [0.05, 0.1) is 12.2 Å². The lowest BCUT2D eigenvalue weighted by atomic mass is 9.97. The molecule has 0 bridgehead atoms. The molecule has 6 aromatic carbocycles. The van der Waals surface area contributed by atoms with Crippen LogP contribution in [0.15, 0.2) is 152 Å². The molecule has 0 radical (unpaired) electrons. The predicted molar refractivity (Wildman–Crippen MR) is 263 cm³/mol. The first-order valence-electron chi connectivity index (χ1n) is 22.4. The summed E-state index contributed by atoms with van der Waals surface area (Å²) in [5, 5.41) is -0.308. The third-order valence-corrected chi connectivity index (χ3v) is 21.6. The van der Waals surface area contributed by atoms with Gasteiger partial charge < -0.3 is 27.8 Å². The SMILES string of the molecule is CC(C)(C)[Si](C)(C)O[C@H](c1ccc(OCc2ccccc2)c(OCc2ccccc2)c1)[C@@H](Cc1c(F)cc(OCc2ccccc2)cc1OCc1ccccc1)O[Si](C)(C)C(C)(C)C. The fourth-order valence-corrected chi connectivity index (χ4v) is 9.29. The fraction of sp³-hybridized carbons (Fsp3) is 0.345. The van der Waals surface area contributed by atoms with Crippen molar-refractivity contribution in [3.8, 4) is 23.0 Å². The van der Waals surface area contributed by atoms with Gasteiger partial charge in [-0.2, -0.15) is 0 Å². The van der Waals surface area contributed by atoms with Crippen LogP contribution in [0, 0.1) is 5.82 Å². The van der Waals surface area contributed by atoms with Crippen LogP contribution in [0.25, 0.3) is 0 Å². The van der Waals surface area contributed by atoms with Gasteiger partial charge in [-0.15, -0.1) is 0 Å². The van der Waals surface area contributed by atoms with E-state index in [0.717, 1.165) is 27.8 Å². The zero-order valence-electron chi connectivity index (χ0n) is 39.5. The maximum Gasteiger partial charge on any atom is 0.193 e. The van der Waals surface area contributed by atoms with Crippen molar-refractivity contribution < 1.29 is 32.2 Å². The average molecular weight is 899 g/mol. The highest BCUT2D eigenvalue weighted by Gasteiger charge is 2.46. The monoisotopic (exact) mass is 898 g/mol. The molecular formula is C55H67FO6Si2. The summed E-state index contributed by atoms with van der Waals surface area (Å²) < 4.78 is 58.1. The van der Waals surface area contributed by atoms with E-state index in [0.29, 0.717) is 41.8 Å². The maximum absolute atomic E-state index is 17.1. The molecule has 0 amide bonds. The molecule has 0 aliphatic carbocycles. The number of hydrogen-bond donors (Lipinski definition) is 0. The Hall–Kier alpha value is -5.20. The summed E-state index contributed by atoms with van der Waals surface area (Å²) in [5.41, 5.74) is 5.29. The van der Waals surface area contributed by atoms with Gasteiger partial charge in [-0.3, -0.25) is 0 Å². The van der Waals surface area contributed by atoms with E-state index < -0.39 is 34.7 Å². The van der Waals surface area contributed by atoms with E-state index in [-0.39, 0.29) is 29.7 Å². The zero-order chi connectivity index (χ0) is 46.0. The minimum atomic E-state index is -2.55. The van der Waals surface area contributed by atoms with Crippen LogP contribution >= 0.6 is 0 Å². The van der Waals surface area contributed by atoms with E-state index in [1.807, 2.05) is 140 Å². The normalized spacial score (nSPS) is 13.2. The Morgan fingerprint density at radius 1 is 0.453 bits per heavy atom. The van der Waals surface area contributed by atoms with Crippen molar-refractivity contribution in [3.05, 3.63) is 191 Å². The number of benzene rings is 6. The average Bonchev–Trinajstić information content (AvgIpc) is 3.26. The third kappa shape index (κ3) is 13.2. The van der Waals surface area contributed by atoms with Crippen LogP contribution in [0.3, 0.4) is 0 Å². The van der Waals surface area contributed by atoms with Gasteiger partial charge in [0.1, 0.15) is 43.7 Å². The summed E-state index contributed by atoms with van der Waals surface area (Å²) in [6.07, 6.45) is -1.07. The van der Waals surface area contributed by atoms with Crippen LogP contribution in [0.4, 0.5) is 4.39 Å². The molecular weight excluding hydrogens is 832 g/mol. The minimum Gasteiger partial charge on any atom is -0.489 e. The highest BCUT2D eigenvalue weighted by molar-refractivity contribution is 6.74. The van der Waals surface area contributed by atoms with Crippen molar-refractivity contribution in [1.29, 1.82) is 0 Å². The number of rotatable bonds is 20. The molecule has 338 valence electrons. The van der Waals surface area contributed by atoms with Crippen molar-refractivity contribution in [2.75, 3.05) is 0 Å². The van der Waals surface area contributed by atoms with Gasteiger partial charge in [0.2, 0.25) is 0 Å². The smallest absolute Gasteiger partial charge is 0.193 e. The molecule has 0 saturated carbocycles. The van der Waals surface area contributed by atoms with Gasteiger partial charge in [-0.25, -0.2) is 4.39 Å². The quantitative estimate of drug-likeness (QED) is 0.0712. The van der Waals surface area contributed by atoms with Gasteiger partial charge in [0, 0.05) is 24.1 Å². The Morgan fingerprint density at radius 2 is 0.859 bits per heavy atom. The Bertz CT molecular complexity index is 2360. The van der Waals surface area contributed by atoms with Crippen LogP contribution in [0.5, 0.6) is 23.0 Å². The molecule has 9 heteroatoms. The Balaban J connectivity index is 1.47. The molecule has 0 aromatic heterocycles. The Morgan fingerprint density at radius 3 is 1.31 bits per heavy atom. The van der Waals surface area contributed by atoms with Crippen LogP contribution in [-0.2, 0) is 41.7 Å². The molecule has 0 N–H and O–H groups in total. The van der Waals surface area contributed by atoms with Gasteiger partial charge in [-0.05, 0) is 76.2 Å². The molecule has 6 nitrogen and oxygen atoms in total. The van der Waals surface area contributed by atoms with Crippen molar-refractivity contribution in [2.45, 2.75) is 123 Å². The van der Waals surface area contributed by atoms with E-state index >= 15 is 4.39 Å². The molecule has 0 unspecified atom stereocenters. The van der Waals surface area contributed by atoms with Crippen molar-refractivity contribution in [1.82, 2.24) is 0 Å². The molecule has 6 aromatic rings. The second-order valence-electron chi connectivity index (χ2n) is 19.6. The number of ether oxygens (including phenoxy) is 4. The standard InChI is InChI=1S/C55H67FO6Si2/c1-54(2,3)63(7,8)61-52(36-47-48(56)34-46(57-37-41-23-15-11-16-24-41)35-50(47)59-39-43-27-19-13-20-28-43)53(62-64(9,10)55(4,5)6)45-31-32-49(58-38-42-25-17-12-18-26-42)51(33-45)60-40-44-29-21-14-22-30-44/h11-35,52-53H,36-40H2,1-10H3/t52-,53-/m1/s1. The summed E-state index contributed by atoms with van der Waals surface area (Å²) in [5.74, 6) is 1.56. The molecule has 6 rings (SSSR count). The lowest BCUT2D eigenvalue weighted by Gasteiger charge is -2.45. The first kappa shape index (κ1) is 48.3. The highest BCUT2D eigenvalue weighted by atomic mass is 28.4. The third-order valence-electron chi connectivity index (χ3n) is 12.6. The van der Waals surface area contributed by atoms with E-state index in [9.17, 15) is 0 Å². The zero-order valence-corrected chi connectivity index (χ0v) is 41.5. The topological polar surface area (TPSA) is 55.4 Å². The summed E-state index contributed by atoms with van der Waals surface area (Å²) in [4.78, 5) is 0. The van der Waals surface area contributed by atoms with Gasteiger partial charge in [-0.1, -0.05) is 169 Å². The largest absolute Gasteiger partial charge is 0.489 e. The molecule has 0 aliphatic heterocycles. The van der Waals surface area contributed by atoms with Crippen LogP contribution < -0.4 is 18.9 Å². The molecule has 64 heavy (non-hydrogen) atoms. The van der Waals surface area contributed by atoms with E-state index in [4.69, 9.17) is 27.8 Å². The fourth-order valence-electron chi connectivity index (χ4n) is 6.70. The number of hydrogen-bond acceptors (Lipinski definition) is 6. The second-order valence-corrected chi connectivity index (χ2v) is 29.1. The Labute approximate surface area is 384 Å². The highest BCUT2D eigenvalue weighted by Crippen LogP contribution is 2.46. The van der Waals surface area contributed by atoms with E-state index in [2.05, 4.69) is 73.8 Å². The minimum absolute atomic E-state index is 0.148. The van der Waals surface area contributed by atoms with Crippen LogP contribution in [-0.4, -0.2) is 22.7 Å². The molecule has 0 saturated heterocycles. The first-order chi connectivity index (χ1) is 30.4. The predicted octanol–water partition coefficient (Wildman–Crippen LogP) is 14.8. The lowest BCUT2D eigenvalue weighted by Crippen LogP contribution is -2.49. The van der Waals surface area contributed by atoms with E-state index in [1.54, 1.807) is 0 Å². The van der Waals surface area contributed by atoms with Crippen LogP contribution in [0.1, 0.15) is 81.0 Å². The van der Waals surface area contributed by atoms with Crippen molar-refractivity contribution >= 4 is 16.6 Å². The van der Waals surface area contributed by atoms with E-state index in [1.165, 1.54) is 6.07 Å². The summed E-state index contributed by atoms with van der Waals surface area (Å²) in [6.45, 7) is 23.6. The molecule has 0 aliphatic rings. The molecule has 0 fully saturated rings.